The van der Waals surface area contributed by atoms with E-state index in [4.69, 9.17) is 4.52 Å². The van der Waals surface area contributed by atoms with Gasteiger partial charge in [0.15, 0.2) is 0 Å². The van der Waals surface area contributed by atoms with Gasteiger partial charge in [0.2, 0.25) is 0 Å². The predicted molar refractivity (Wildman–Crippen MR) is 80.4 cm³/mol. The molecule has 0 saturated heterocycles. The molecule has 2 rings (SSSR count). The van der Waals surface area contributed by atoms with Crippen molar-refractivity contribution in [2.45, 2.75) is 26.8 Å². The van der Waals surface area contributed by atoms with Gasteiger partial charge in [-0.3, -0.25) is 10.1 Å². The van der Waals surface area contributed by atoms with Crippen LogP contribution in [0.5, 0.6) is 0 Å². The molecule has 1 aromatic heterocycles. The minimum Gasteiger partial charge on any atom is -0.379 e. The van der Waals surface area contributed by atoms with Crippen LogP contribution >= 0.6 is 0 Å². The van der Waals surface area contributed by atoms with Gasteiger partial charge in [-0.25, -0.2) is 0 Å². The van der Waals surface area contributed by atoms with Gasteiger partial charge >= 0.3 is 5.69 Å². The van der Waals surface area contributed by atoms with E-state index in [1.54, 1.807) is 31.2 Å². The lowest BCUT2D eigenvalue weighted by atomic mass is 10.2. The van der Waals surface area contributed by atoms with E-state index in [0.29, 0.717) is 35.9 Å². The van der Waals surface area contributed by atoms with Crippen LogP contribution in [0, 0.1) is 17.0 Å². The molecule has 1 heterocycles. The Labute approximate surface area is 122 Å². The number of aromatic nitrogens is 1. The quantitative estimate of drug-likeness (QED) is 0.600. The molecule has 0 saturated carbocycles. The second-order valence-corrected chi connectivity index (χ2v) is 4.67. The normalized spacial score (nSPS) is 10.4. The van der Waals surface area contributed by atoms with Crippen molar-refractivity contribution in [2.24, 2.45) is 0 Å². The standard InChI is InChI=1S/C14H18N4O3/c1-3-7-15-12-5-4-6-13(14(12)18(19)20)16-9-11-8-10(2)21-17-11/h4-6,8,15-16H,3,7,9H2,1-2H3. The number of nitrogens with zero attached hydrogens (tertiary/aromatic N) is 2. The Morgan fingerprint density at radius 2 is 2.05 bits per heavy atom. The first-order valence-corrected chi connectivity index (χ1v) is 6.79. The van der Waals surface area contributed by atoms with E-state index in [-0.39, 0.29) is 10.6 Å². The molecule has 0 aliphatic carbocycles. The summed E-state index contributed by atoms with van der Waals surface area (Å²) in [6, 6.07) is 6.96. The van der Waals surface area contributed by atoms with Gasteiger partial charge in [0, 0.05) is 12.6 Å². The number of aryl methyl sites for hydroxylation is 1. The molecule has 0 aliphatic rings. The summed E-state index contributed by atoms with van der Waals surface area (Å²) in [6.07, 6.45) is 0.896. The van der Waals surface area contributed by atoms with E-state index in [1.165, 1.54) is 0 Å². The summed E-state index contributed by atoms with van der Waals surface area (Å²) in [5.41, 5.74) is 1.73. The number of para-hydroxylation sites is 1. The molecule has 0 radical (unpaired) electrons. The molecular weight excluding hydrogens is 272 g/mol. The smallest absolute Gasteiger partial charge is 0.315 e. The Balaban J connectivity index is 2.19. The van der Waals surface area contributed by atoms with Crippen molar-refractivity contribution in [2.75, 3.05) is 17.2 Å². The van der Waals surface area contributed by atoms with Gasteiger partial charge in [0.1, 0.15) is 22.8 Å². The Bertz CT molecular complexity index is 624. The van der Waals surface area contributed by atoms with E-state index in [2.05, 4.69) is 15.8 Å². The van der Waals surface area contributed by atoms with Gasteiger partial charge in [0.05, 0.1) is 11.5 Å². The van der Waals surface area contributed by atoms with E-state index < -0.39 is 0 Å². The van der Waals surface area contributed by atoms with Crippen molar-refractivity contribution in [1.82, 2.24) is 5.16 Å². The van der Waals surface area contributed by atoms with Gasteiger partial charge in [-0.15, -0.1) is 0 Å². The Hall–Kier alpha value is -2.57. The Morgan fingerprint density at radius 3 is 2.62 bits per heavy atom. The number of anilines is 2. The zero-order valence-corrected chi connectivity index (χ0v) is 12.0. The van der Waals surface area contributed by atoms with Gasteiger partial charge in [-0.1, -0.05) is 18.1 Å². The molecule has 2 N–H and O–H groups in total. The molecule has 0 unspecified atom stereocenters. The third-order valence-electron chi connectivity index (χ3n) is 2.92. The maximum Gasteiger partial charge on any atom is 0.315 e. The molecule has 0 atom stereocenters. The van der Waals surface area contributed by atoms with Crippen LogP contribution in [-0.2, 0) is 6.54 Å². The highest BCUT2D eigenvalue weighted by Gasteiger charge is 2.19. The lowest BCUT2D eigenvalue weighted by Gasteiger charge is -2.10. The molecular formula is C14H18N4O3. The predicted octanol–water partition coefficient (Wildman–Crippen LogP) is 3.33. The highest BCUT2D eigenvalue weighted by Crippen LogP contribution is 2.33. The summed E-state index contributed by atoms with van der Waals surface area (Å²) in [5.74, 6) is 0.708. The minimum absolute atomic E-state index is 0.0474. The van der Waals surface area contributed by atoms with Gasteiger partial charge < -0.3 is 15.2 Å². The first-order chi connectivity index (χ1) is 10.1. The number of benzene rings is 1. The zero-order valence-electron chi connectivity index (χ0n) is 12.0. The fourth-order valence-corrected chi connectivity index (χ4v) is 1.97. The van der Waals surface area contributed by atoms with E-state index in [9.17, 15) is 10.1 Å². The van der Waals surface area contributed by atoms with Gasteiger partial charge in [0.25, 0.3) is 0 Å². The van der Waals surface area contributed by atoms with E-state index >= 15 is 0 Å². The van der Waals surface area contributed by atoms with Gasteiger partial charge in [-0.2, -0.15) is 0 Å². The molecule has 0 bridgehead atoms. The molecule has 7 heteroatoms. The van der Waals surface area contributed by atoms with Crippen LogP contribution in [0.2, 0.25) is 0 Å². The SMILES string of the molecule is CCCNc1cccc(NCc2cc(C)on2)c1[N+](=O)[O-]. The van der Waals surface area contributed by atoms with Crippen molar-refractivity contribution >= 4 is 17.1 Å². The summed E-state index contributed by atoms with van der Waals surface area (Å²) in [6.45, 7) is 4.87. The number of rotatable bonds is 7. The fraction of sp³-hybridized carbons (Fsp3) is 0.357. The first kappa shape index (κ1) is 14.8. The molecule has 1 aromatic carbocycles. The third kappa shape index (κ3) is 3.71. The lowest BCUT2D eigenvalue weighted by Crippen LogP contribution is -2.07. The lowest BCUT2D eigenvalue weighted by molar-refractivity contribution is -0.383. The second-order valence-electron chi connectivity index (χ2n) is 4.67. The Morgan fingerprint density at radius 1 is 1.33 bits per heavy atom. The van der Waals surface area contributed by atoms with Crippen LogP contribution in [-0.4, -0.2) is 16.6 Å². The summed E-state index contributed by atoms with van der Waals surface area (Å²) >= 11 is 0. The maximum absolute atomic E-state index is 11.3. The van der Waals surface area contributed by atoms with Crippen LogP contribution in [0.4, 0.5) is 17.1 Å². The van der Waals surface area contributed by atoms with Crippen LogP contribution in [0.25, 0.3) is 0 Å². The number of nitrogens with one attached hydrogen (secondary N) is 2. The number of hydrogen-bond donors (Lipinski definition) is 2. The Kier molecular flexibility index (Phi) is 4.76. The molecule has 0 spiro atoms. The molecule has 112 valence electrons. The third-order valence-corrected chi connectivity index (χ3v) is 2.92. The van der Waals surface area contributed by atoms with E-state index in [0.717, 1.165) is 6.42 Å². The van der Waals surface area contributed by atoms with Crippen molar-refractivity contribution in [3.05, 3.63) is 45.8 Å². The highest BCUT2D eigenvalue weighted by atomic mass is 16.6. The van der Waals surface area contributed by atoms with Crippen molar-refractivity contribution < 1.29 is 9.45 Å². The molecule has 0 fully saturated rings. The summed E-state index contributed by atoms with van der Waals surface area (Å²) in [5, 5.41) is 21.3. The van der Waals surface area contributed by atoms with E-state index in [1.807, 2.05) is 6.92 Å². The topological polar surface area (TPSA) is 93.2 Å². The van der Waals surface area contributed by atoms with Crippen molar-refractivity contribution in [3.8, 4) is 0 Å². The van der Waals surface area contributed by atoms with Gasteiger partial charge in [-0.05, 0) is 25.5 Å². The molecule has 7 nitrogen and oxygen atoms in total. The average Bonchev–Trinajstić information content (AvgIpc) is 2.88. The van der Waals surface area contributed by atoms with Crippen molar-refractivity contribution in [1.29, 1.82) is 0 Å². The highest BCUT2D eigenvalue weighted by molar-refractivity contribution is 5.76. The summed E-state index contributed by atoms with van der Waals surface area (Å²) < 4.78 is 4.97. The van der Waals surface area contributed by atoms with Crippen LogP contribution in [0.1, 0.15) is 24.8 Å². The fourth-order valence-electron chi connectivity index (χ4n) is 1.97. The zero-order chi connectivity index (χ0) is 15.2. The van der Waals surface area contributed by atoms with Crippen molar-refractivity contribution in [3.63, 3.8) is 0 Å². The average molecular weight is 290 g/mol. The number of nitro benzene ring substituents is 1. The molecule has 21 heavy (non-hydrogen) atoms. The molecule has 0 aliphatic heterocycles. The first-order valence-electron chi connectivity index (χ1n) is 6.79. The molecule has 0 amide bonds. The van der Waals surface area contributed by atoms with Crippen LogP contribution in [0.3, 0.4) is 0 Å². The van der Waals surface area contributed by atoms with Crippen LogP contribution in [0.15, 0.2) is 28.8 Å². The summed E-state index contributed by atoms with van der Waals surface area (Å²) in [4.78, 5) is 10.9. The summed E-state index contributed by atoms with van der Waals surface area (Å²) in [7, 11) is 0. The number of nitro groups is 1. The second kappa shape index (κ2) is 6.74. The minimum atomic E-state index is -0.381. The monoisotopic (exact) mass is 290 g/mol. The largest absolute Gasteiger partial charge is 0.379 e. The van der Waals surface area contributed by atoms with Crippen LogP contribution < -0.4 is 10.6 Å². The maximum atomic E-state index is 11.3. The molecule has 2 aromatic rings. The number of hydrogen-bond acceptors (Lipinski definition) is 6.